The average Bonchev–Trinajstić information content (AvgIpc) is 2.75. The van der Waals surface area contributed by atoms with Gasteiger partial charge < -0.3 is 14.4 Å². The molecular formula is C21H22N4O5. The summed E-state index contributed by atoms with van der Waals surface area (Å²) in [5.41, 5.74) is -0.795. The maximum Gasteiger partial charge on any atom is 0.376 e. The molecule has 0 amide bonds. The third kappa shape index (κ3) is 3.78. The van der Waals surface area contributed by atoms with Crippen LogP contribution in [-0.2, 0) is 0 Å². The number of nitro groups is 1. The van der Waals surface area contributed by atoms with Gasteiger partial charge in [-0.15, -0.1) is 0 Å². The zero-order valence-electron chi connectivity index (χ0n) is 16.6. The van der Waals surface area contributed by atoms with Crippen molar-refractivity contribution in [3.05, 3.63) is 69.1 Å². The molecule has 0 radical (unpaired) electrons. The Morgan fingerprint density at radius 1 is 1.13 bits per heavy atom. The lowest BCUT2D eigenvalue weighted by molar-refractivity contribution is -0.385. The minimum atomic E-state index is -0.676. The van der Waals surface area contributed by atoms with E-state index in [-0.39, 0.29) is 11.9 Å². The van der Waals surface area contributed by atoms with E-state index in [1.807, 2.05) is 31.2 Å². The van der Waals surface area contributed by atoms with E-state index in [0.29, 0.717) is 49.7 Å². The van der Waals surface area contributed by atoms with Crippen LogP contribution >= 0.6 is 0 Å². The number of nitrogens with zero attached hydrogens (tertiary/aromatic N) is 4. The third-order valence-electron chi connectivity index (χ3n) is 5.06. The Balaban J connectivity index is 1.55. The summed E-state index contributed by atoms with van der Waals surface area (Å²) in [6.45, 7) is 3.46. The molecule has 0 saturated carbocycles. The predicted molar refractivity (Wildman–Crippen MR) is 112 cm³/mol. The first-order valence-corrected chi connectivity index (χ1v) is 9.87. The lowest BCUT2D eigenvalue weighted by Crippen LogP contribution is -2.40. The summed E-state index contributed by atoms with van der Waals surface area (Å²) in [5, 5.41) is 11.6. The molecule has 2 aromatic heterocycles. The number of aromatic nitrogens is 2. The van der Waals surface area contributed by atoms with Crippen molar-refractivity contribution in [3.63, 3.8) is 0 Å². The lowest BCUT2D eigenvalue weighted by atomic mass is 10.1. The fourth-order valence-electron chi connectivity index (χ4n) is 3.64. The zero-order chi connectivity index (χ0) is 21.1. The first kappa shape index (κ1) is 19.7. The summed E-state index contributed by atoms with van der Waals surface area (Å²) in [7, 11) is 0. The molecule has 9 heteroatoms. The normalized spacial score (nSPS) is 14.6. The van der Waals surface area contributed by atoms with Gasteiger partial charge in [0.05, 0.1) is 11.5 Å². The first-order chi connectivity index (χ1) is 14.6. The van der Waals surface area contributed by atoms with Crippen LogP contribution < -0.4 is 19.9 Å². The van der Waals surface area contributed by atoms with Crippen molar-refractivity contribution >= 4 is 17.2 Å². The molecule has 0 atom stereocenters. The summed E-state index contributed by atoms with van der Waals surface area (Å²) in [5.74, 6) is 1.50. The monoisotopic (exact) mass is 410 g/mol. The number of hydrogen-bond acceptors (Lipinski definition) is 7. The molecule has 3 heterocycles. The fraction of sp³-hybridized carbons (Fsp3) is 0.333. The average molecular weight is 410 g/mol. The topological polar surface area (TPSA) is 99.2 Å². The summed E-state index contributed by atoms with van der Waals surface area (Å²) in [6.07, 6.45) is 2.72. The van der Waals surface area contributed by atoms with Crippen LogP contribution in [0, 0.1) is 10.1 Å². The SMILES string of the molecule is CCOc1ccccc1OC1CCN(c2nc3ccccn3c(=O)c2[N+](=O)[O-])CC1. The van der Waals surface area contributed by atoms with Crippen molar-refractivity contribution in [3.8, 4) is 11.5 Å². The molecule has 3 aromatic rings. The molecule has 4 rings (SSSR count). The Morgan fingerprint density at radius 3 is 2.53 bits per heavy atom. The molecule has 0 spiro atoms. The summed E-state index contributed by atoms with van der Waals surface area (Å²) in [4.78, 5) is 29.8. The molecule has 1 aromatic carbocycles. The second kappa shape index (κ2) is 8.40. The van der Waals surface area contributed by atoms with E-state index in [0.717, 1.165) is 0 Å². The number of pyridine rings is 1. The van der Waals surface area contributed by atoms with Gasteiger partial charge in [-0.1, -0.05) is 18.2 Å². The van der Waals surface area contributed by atoms with Gasteiger partial charge >= 0.3 is 11.2 Å². The number of rotatable bonds is 6. The van der Waals surface area contributed by atoms with Gasteiger partial charge in [-0.25, -0.2) is 4.98 Å². The standard InChI is InChI=1S/C21H22N4O5/c1-2-29-16-7-3-4-8-17(16)30-15-10-13-23(14-11-15)20-19(25(27)28)21(26)24-12-6-5-9-18(24)22-20/h3-9,12,15H,2,10-11,13-14H2,1H3. The van der Waals surface area contributed by atoms with Crippen LogP contribution in [0.1, 0.15) is 19.8 Å². The van der Waals surface area contributed by atoms with Crippen molar-refractivity contribution in [2.24, 2.45) is 0 Å². The van der Waals surface area contributed by atoms with Gasteiger partial charge in [0, 0.05) is 32.1 Å². The first-order valence-electron chi connectivity index (χ1n) is 9.87. The van der Waals surface area contributed by atoms with Crippen molar-refractivity contribution in [2.45, 2.75) is 25.9 Å². The molecule has 0 N–H and O–H groups in total. The molecule has 0 unspecified atom stereocenters. The Bertz CT molecular complexity index is 1120. The Morgan fingerprint density at radius 2 is 1.83 bits per heavy atom. The Hall–Kier alpha value is -3.62. The molecule has 156 valence electrons. The predicted octanol–water partition coefficient (Wildman–Crippen LogP) is 3.05. The summed E-state index contributed by atoms with van der Waals surface area (Å²) < 4.78 is 12.9. The molecule has 1 fully saturated rings. The second-order valence-electron chi connectivity index (χ2n) is 6.96. The highest BCUT2D eigenvalue weighted by Gasteiger charge is 2.31. The van der Waals surface area contributed by atoms with Crippen LogP contribution in [0.25, 0.3) is 5.65 Å². The number of benzene rings is 1. The highest BCUT2D eigenvalue weighted by molar-refractivity contribution is 5.61. The Labute approximate surface area is 172 Å². The van der Waals surface area contributed by atoms with E-state index in [1.165, 1.54) is 10.6 Å². The zero-order valence-corrected chi connectivity index (χ0v) is 16.6. The summed E-state index contributed by atoms with van der Waals surface area (Å²) in [6, 6.07) is 12.6. The molecule has 0 bridgehead atoms. The van der Waals surface area contributed by atoms with Crippen LogP contribution in [0.5, 0.6) is 11.5 Å². The fourth-order valence-corrected chi connectivity index (χ4v) is 3.64. The molecule has 1 aliphatic heterocycles. The maximum absolute atomic E-state index is 12.7. The quantitative estimate of drug-likeness (QED) is 0.455. The van der Waals surface area contributed by atoms with E-state index >= 15 is 0 Å². The van der Waals surface area contributed by atoms with Crippen molar-refractivity contribution < 1.29 is 14.4 Å². The number of anilines is 1. The number of piperidine rings is 1. The molecule has 1 aliphatic rings. The minimum absolute atomic E-state index is 0.0523. The number of ether oxygens (including phenoxy) is 2. The molecule has 1 saturated heterocycles. The van der Waals surface area contributed by atoms with Gasteiger partial charge in [-0.3, -0.25) is 19.3 Å². The van der Waals surface area contributed by atoms with Gasteiger partial charge in [0.25, 0.3) is 0 Å². The third-order valence-corrected chi connectivity index (χ3v) is 5.06. The van der Waals surface area contributed by atoms with Crippen molar-refractivity contribution in [2.75, 3.05) is 24.6 Å². The second-order valence-corrected chi connectivity index (χ2v) is 6.96. The van der Waals surface area contributed by atoms with Crippen LogP contribution in [0.2, 0.25) is 0 Å². The number of hydrogen-bond donors (Lipinski definition) is 0. The molecular weight excluding hydrogens is 388 g/mol. The van der Waals surface area contributed by atoms with Gasteiger partial charge in [-0.2, -0.15) is 0 Å². The van der Waals surface area contributed by atoms with Crippen LogP contribution in [0.4, 0.5) is 11.5 Å². The van der Waals surface area contributed by atoms with E-state index < -0.39 is 16.2 Å². The van der Waals surface area contributed by atoms with Gasteiger partial charge in [-0.05, 0) is 31.2 Å². The minimum Gasteiger partial charge on any atom is -0.490 e. The van der Waals surface area contributed by atoms with Crippen molar-refractivity contribution in [1.82, 2.24) is 9.38 Å². The highest BCUT2D eigenvalue weighted by Crippen LogP contribution is 2.31. The lowest BCUT2D eigenvalue weighted by Gasteiger charge is -2.32. The molecule has 9 nitrogen and oxygen atoms in total. The van der Waals surface area contributed by atoms with Gasteiger partial charge in [0.15, 0.2) is 11.5 Å². The van der Waals surface area contributed by atoms with Crippen LogP contribution in [0.15, 0.2) is 53.5 Å². The maximum atomic E-state index is 12.7. The largest absolute Gasteiger partial charge is 0.490 e. The smallest absolute Gasteiger partial charge is 0.376 e. The number of fused-ring (bicyclic) bond motifs is 1. The van der Waals surface area contributed by atoms with Crippen molar-refractivity contribution in [1.29, 1.82) is 0 Å². The van der Waals surface area contributed by atoms with Crippen LogP contribution in [0.3, 0.4) is 0 Å². The van der Waals surface area contributed by atoms with Gasteiger partial charge in [0.1, 0.15) is 11.8 Å². The van der Waals surface area contributed by atoms with Crippen LogP contribution in [-0.4, -0.2) is 40.1 Å². The molecule has 30 heavy (non-hydrogen) atoms. The van der Waals surface area contributed by atoms with E-state index in [4.69, 9.17) is 9.47 Å². The van der Waals surface area contributed by atoms with E-state index in [1.54, 1.807) is 23.1 Å². The number of para-hydroxylation sites is 2. The van der Waals surface area contributed by atoms with Gasteiger partial charge in [0.2, 0.25) is 5.82 Å². The Kier molecular flexibility index (Phi) is 5.51. The molecule has 0 aliphatic carbocycles. The van der Waals surface area contributed by atoms with E-state index in [2.05, 4.69) is 4.98 Å². The highest BCUT2D eigenvalue weighted by atomic mass is 16.6. The van der Waals surface area contributed by atoms with E-state index in [9.17, 15) is 14.9 Å². The summed E-state index contributed by atoms with van der Waals surface area (Å²) >= 11 is 0.